The lowest BCUT2D eigenvalue weighted by molar-refractivity contribution is -0.117. The number of halogens is 1. The molecule has 1 aromatic carbocycles. The summed E-state index contributed by atoms with van der Waals surface area (Å²) in [7, 11) is 0. The second-order valence-electron chi connectivity index (χ2n) is 4.75. The lowest BCUT2D eigenvalue weighted by Crippen LogP contribution is -2.33. The molecule has 0 aromatic heterocycles. The first-order valence-corrected chi connectivity index (χ1v) is 7.60. The number of hydrogen-bond acceptors (Lipinski definition) is 2. The van der Waals surface area contributed by atoms with Gasteiger partial charge in [0.1, 0.15) is 0 Å². The molecule has 0 atom stereocenters. The Morgan fingerprint density at radius 2 is 1.72 bits per heavy atom. The van der Waals surface area contributed by atoms with E-state index in [1.54, 1.807) is 0 Å². The Morgan fingerprint density at radius 1 is 1.11 bits per heavy atom. The molecule has 1 saturated heterocycles. The minimum atomic E-state index is 0.0955. The molecule has 0 aliphatic carbocycles. The number of rotatable bonds is 3. The molecule has 4 heteroatoms. The number of amides is 1. The predicted molar refractivity (Wildman–Crippen MR) is 82.7 cm³/mol. The molecular weight excluding hydrogens is 339 g/mol. The second-order valence-corrected chi connectivity index (χ2v) is 5.99. The largest absolute Gasteiger partial charge is 0.325 e. The lowest BCUT2D eigenvalue weighted by atomic mass is 10.2. The molecule has 2 rings (SSSR count). The molecule has 1 aromatic rings. The van der Waals surface area contributed by atoms with Gasteiger partial charge in [0.15, 0.2) is 0 Å². The van der Waals surface area contributed by atoms with Gasteiger partial charge in [-0.3, -0.25) is 9.69 Å². The highest BCUT2D eigenvalue weighted by molar-refractivity contribution is 14.1. The van der Waals surface area contributed by atoms with Gasteiger partial charge in [-0.05, 0) is 72.8 Å². The SMILES string of the molecule is O=C(CN1CCCCCC1)Nc1ccc(I)cc1. The molecule has 1 amide bonds. The third-order valence-electron chi connectivity index (χ3n) is 3.19. The zero-order valence-electron chi connectivity index (χ0n) is 10.5. The van der Waals surface area contributed by atoms with Crippen molar-refractivity contribution in [2.45, 2.75) is 25.7 Å². The van der Waals surface area contributed by atoms with Gasteiger partial charge in [0.05, 0.1) is 6.54 Å². The number of nitrogens with zero attached hydrogens (tertiary/aromatic N) is 1. The van der Waals surface area contributed by atoms with Crippen LogP contribution in [0.3, 0.4) is 0 Å². The van der Waals surface area contributed by atoms with E-state index in [0.717, 1.165) is 18.8 Å². The van der Waals surface area contributed by atoms with Gasteiger partial charge in [-0.25, -0.2) is 0 Å². The van der Waals surface area contributed by atoms with Crippen molar-refractivity contribution in [2.24, 2.45) is 0 Å². The van der Waals surface area contributed by atoms with Crippen molar-refractivity contribution in [1.82, 2.24) is 4.90 Å². The van der Waals surface area contributed by atoms with Crippen molar-refractivity contribution in [3.8, 4) is 0 Å². The number of benzene rings is 1. The highest BCUT2D eigenvalue weighted by Gasteiger charge is 2.12. The van der Waals surface area contributed by atoms with Crippen LogP contribution in [0.4, 0.5) is 5.69 Å². The Balaban J connectivity index is 1.82. The molecule has 1 aliphatic rings. The van der Waals surface area contributed by atoms with Gasteiger partial charge in [0.2, 0.25) is 5.91 Å². The molecule has 0 spiro atoms. The van der Waals surface area contributed by atoms with Crippen molar-refractivity contribution in [2.75, 3.05) is 25.0 Å². The van der Waals surface area contributed by atoms with Crippen molar-refractivity contribution >= 4 is 34.2 Å². The van der Waals surface area contributed by atoms with Gasteiger partial charge < -0.3 is 5.32 Å². The Morgan fingerprint density at radius 3 is 2.33 bits per heavy atom. The summed E-state index contributed by atoms with van der Waals surface area (Å²) < 4.78 is 1.18. The van der Waals surface area contributed by atoms with Crippen LogP contribution in [0.1, 0.15) is 25.7 Å². The quantitative estimate of drug-likeness (QED) is 0.843. The number of anilines is 1. The Bertz CT molecular complexity index is 383. The summed E-state index contributed by atoms with van der Waals surface area (Å²) in [6, 6.07) is 7.90. The van der Waals surface area contributed by atoms with Crippen LogP contribution in [0.15, 0.2) is 24.3 Å². The number of carbonyl (C=O) groups is 1. The first-order valence-electron chi connectivity index (χ1n) is 6.52. The van der Waals surface area contributed by atoms with Crippen molar-refractivity contribution in [3.63, 3.8) is 0 Å². The Hall–Kier alpha value is -0.620. The van der Waals surface area contributed by atoms with Gasteiger partial charge in [0.25, 0.3) is 0 Å². The van der Waals surface area contributed by atoms with Gasteiger partial charge in [-0.1, -0.05) is 12.8 Å². The van der Waals surface area contributed by atoms with Gasteiger partial charge in [-0.2, -0.15) is 0 Å². The van der Waals surface area contributed by atoms with Gasteiger partial charge >= 0.3 is 0 Å². The molecule has 0 unspecified atom stereocenters. The summed E-state index contributed by atoms with van der Waals surface area (Å²) >= 11 is 2.26. The van der Waals surface area contributed by atoms with Crippen molar-refractivity contribution in [3.05, 3.63) is 27.8 Å². The Labute approximate surface area is 122 Å². The van der Waals surface area contributed by atoms with E-state index in [1.807, 2.05) is 24.3 Å². The van der Waals surface area contributed by atoms with Crippen LogP contribution in [0, 0.1) is 3.57 Å². The second kappa shape index (κ2) is 7.09. The average molecular weight is 358 g/mol. The normalized spacial score (nSPS) is 17.2. The lowest BCUT2D eigenvalue weighted by Gasteiger charge is -2.18. The smallest absolute Gasteiger partial charge is 0.238 e. The van der Waals surface area contributed by atoms with Crippen LogP contribution in [-0.2, 0) is 4.79 Å². The van der Waals surface area contributed by atoms with E-state index < -0.39 is 0 Å². The fraction of sp³-hybridized carbons (Fsp3) is 0.500. The highest BCUT2D eigenvalue weighted by Crippen LogP contribution is 2.12. The van der Waals surface area contributed by atoms with E-state index in [9.17, 15) is 4.79 Å². The van der Waals surface area contributed by atoms with Crippen LogP contribution in [0.25, 0.3) is 0 Å². The van der Waals surface area contributed by atoms with Gasteiger partial charge in [0, 0.05) is 9.26 Å². The van der Waals surface area contributed by atoms with E-state index in [0.29, 0.717) is 6.54 Å². The molecule has 98 valence electrons. The Kier molecular flexibility index (Phi) is 5.44. The predicted octanol–water partition coefficient (Wildman–Crippen LogP) is 3.11. The third-order valence-corrected chi connectivity index (χ3v) is 3.91. The van der Waals surface area contributed by atoms with Crippen LogP contribution in [0.2, 0.25) is 0 Å². The van der Waals surface area contributed by atoms with E-state index >= 15 is 0 Å². The van der Waals surface area contributed by atoms with Gasteiger partial charge in [-0.15, -0.1) is 0 Å². The summed E-state index contributed by atoms with van der Waals surface area (Å²) in [4.78, 5) is 14.2. The summed E-state index contributed by atoms with van der Waals surface area (Å²) in [5, 5.41) is 2.95. The van der Waals surface area contributed by atoms with Crippen LogP contribution in [-0.4, -0.2) is 30.4 Å². The van der Waals surface area contributed by atoms with Crippen LogP contribution < -0.4 is 5.32 Å². The number of hydrogen-bond donors (Lipinski definition) is 1. The zero-order chi connectivity index (χ0) is 12.8. The van der Waals surface area contributed by atoms with E-state index in [-0.39, 0.29) is 5.91 Å². The monoisotopic (exact) mass is 358 g/mol. The topological polar surface area (TPSA) is 32.3 Å². The maximum Gasteiger partial charge on any atom is 0.238 e. The summed E-state index contributed by atoms with van der Waals surface area (Å²) in [5.74, 6) is 0.0955. The maximum atomic E-state index is 11.9. The summed E-state index contributed by atoms with van der Waals surface area (Å²) in [5.41, 5.74) is 0.884. The van der Waals surface area contributed by atoms with Crippen LogP contribution in [0.5, 0.6) is 0 Å². The number of carbonyl (C=O) groups excluding carboxylic acids is 1. The number of nitrogens with one attached hydrogen (secondary N) is 1. The van der Waals surface area contributed by atoms with Crippen molar-refractivity contribution in [1.29, 1.82) is 0 Å². The number of likely N-dealkylation sites (tertiary alicyclic amines) is 1. The highest BCUT2D eigenvalue weighted by atomic mass is 127. The fourth-order valence-corrected chi connectivity index (χ4v) is 2.59. The zero-order valence-corrected chi connectivity index (χ0v) is 12.7. The first kappa shape index (κ1) is 13.8. The fourth-order valence-electron chi connectivity index (χ4n) is 2.23. The molecule has 0 radical (unpaired) electrons. The molecule has 1 fully saturated rings. The minimum Gasteiger partial charge on any atom is -0.325 e. The minimum absolute atomic E-state index is 0.0955. The molecule has 1 N–H and O–H groups in total. The molecule has 1 heterocycles. The molecule has 3 nitrogen and oxygen atoms in total. The molecule has 1 aliphatic heterocycles. The third kappa shape index (κ3) is 4.57. The standard InChI is InChI=1S/C14H19IN2O/c15-12-5-7-13(8-6-12)16-14(18)11-17-9-3-1-2-4-10-17/h5-8H,1-4,9-11H2,(H,16,18). The summed E-state index contributed by atoms with van der Waals surface area (Å²) in [6.45, 7) is 2.63. The van der Waals surface area contributed by atoms with Crippen LogP contribution >= 0.6 is 22.6 Å². The van der Waals surface area contributed by atoms with E-state index in [2.05, 4.69) is 32.8 Å². The molecular formula is C14H19IN2O. The maximum absolute atomic E-state index is 11.9. The van der Waals surface area contributed by atoms with Crippen molar-refractivity contribution < 1.29 is 4.79 Å². The molecule has 0 bridgehead atoms. The molecule has 18 heavy (non-hydrogen) atoms. The average Bonchev–Trinajstić information content (AvgIpc) is 2.61. The van der Waals surface area contributed by atoms with E-state index in [4.69, 9.17) is 0 Å². The molecule has 0 saturated carbocycles. The first-order chi connectivity index (χ1) is 8.74. The van der Waals surface area contributed by atoms with E-state index in [1.165, 1.54) is 29.3 Å². The summed E-state index contributed by atoms with van der Waals surface area (Å²) in [6.07, 6.45) is 5.04.